The van der Waals surface area contributed by atoms with Gasteiger partial charge in [-0.15, -0.1) is 0 Å². The summed E-state index contributed by atoms with van der Waals surface area (Å²) in [5, 5.41) is 13.5. The number of anilines is 3. The maximum absolute atomic E-state index is 11.9. The van der Waals surface area contributed by atoms with Gasteiger partial charge in [0.25, 0.3) is 5.91 Å². The highest BCUT2D eigenvalue weighted by Gasteiger charge is 2.25. The third-order valence-electron chi connectivity index (χ3n) is 4.61. The number of rotatable bonds is 5. The van der Waals surface area contributed by atoms with Crippen molar-refractivity contribution in [3.05, 3.63) is 47.9 Å². The van der Waals surface area contributed by atoms with Gasteiger partial charge in [0.1, 0.15) is 11.6 Å². The zero-order chi connectivity index (χ0) is 19.1. The van der Waals surface area contributed by atoms with Crippen LogP contribution in [0, 0.1) is 0 Å². The smallest absolute Gasteiger partial charge is 0.254 e. The van der Waals surface area contributed by atoms with E-state index in [1.54, 1.807) is 29.2 Å². The van der Waals surface area contributed by atoms with Crippen LogP contribution in [0.4, 0.5) is 17.3 Å². The summed E-state index contributed by atoms with van der Waals surface area (Å²) in [5.41, 5.74) is 2.55. The van der Waals surface area contributed by atoms with Gasteiger partial charge in [-0.2, -0.15) is 9.61 Å². The molecule has 1 aliphatic heterocycles. The molecule has 1 saturated heterocycles. The van der Waals surface area contributed by atoms with Crippen molar-refractivity contribution >= 4 is 40.9 Å². The Morgan fingerprint density at radius 2 is 2.04 bits per heavy atom. The topological polar surface area (TPSA) is 113 Å². The summed E-state index contributed by atoms with van der Waals surface area (Å²) in [6.45, 7) is 0. The molecule has 3 aromatic heterocycles. The summed E-state index contributed by atoms with van der Waals surface area (Å²) in [6.07, 6.45) is 9.04. The molecule has 0 atom stereocenters. The van der Waals surface area contributed by atoms with Crippen LogP contribution in [0.1, 0.15) is 24.8 Å². The average Bonchev–Trinajstić information content (AvgIpc) is 3.32. The van der Waals surface area contributed by atoms with E-state index in [1.807, 2.05) is 18.2 Å². The Hall–Kier alpha value is -3.75. The summed E-state index contributed by atoms with van der Waals surface area (Å²) in [6, 6.07) is 6.05. The first kappa shape index (κ1) is 16.4. The molecule has 9 heteroatoms. The van der Waals surface area contributed by atoms with Crippen molar-refractivity contribution in [1.29, 1.82) is 0 Å². The van der Waals surface area contributed by atoms with Crippen molar-refractivity contribution in [2.45, 2.75) is 25.3 Å². The molecular formula is C19H17N7O2. The Kier molecular flexibility index (Phi) is 3.78. The third kappa shape index (κ3) is 3.18. The van der Waals surface area contributed by atoms with Gasteiger partial charge in [0, 0.05) is 41.3 Å². The van der Waals surface area contributed by atoms with E-state index in [9.17, 15) is 9.59 Å². The zero-order valence-electron chi connectivity index (χ0n) is 14.8. The molecule has 0 spiro atoms. The lowest BCUT2D eigenvalue weighted by molar-refractivity contribution is -0.124. The molecule has 5 rings (SSSR count). The minimum absolute atomic E-state index is 0.0678. The highest BCUT2D eigenvalue weighted by atomic mass is 16.2. The minimum Gasteiger partial charge on any atom is -0.367 e. The number of carbonyl (C=O) groups is 2. The van der Waals surface area contributed by atoms with Gasteiger partial charge in [-0.05, 0) is 31.1 Å². The van der Waals surface area contributed by atoms with E-state index in [0.29, 0.717) is 28.6 Å². The first-order valence-electron chi connectivity index (χ1n) is 9.03. The Morgan fingerprint density at radius 1 is 1.21 bits per heavy atom. The number of pyridine rings is 1. The Labute approximate surface area is 159 Å². The first-order chi connectivity index (χ1) is 13.7. The predicted molar refractivity (Wildman–Crippen MR) is 103 cm³/mol. The molecule has 2 fully saturated rings. The Morgan fingerprint density at radius 3 is 2.75 bits per heavy atom. The van der Waals surface area contributed by atoms with Gasteiger partial charge in [0.2, 0.25) is 5.91 Å². The molecule has 3 aromatic rings. The molecule has 9 nitrogen and oxygen atoms in total. The van der Waals surface area contributed by atoms with E-state index < -0.39 is 0 Å². The highest BCUT2D eigenvalue weighted by molar-refractivity contribution is 6.15. The van der Waals surface area contributed by atoms with Gasteiger partial charge in [0.05, 0.1) is 12.6 Å². The van der Waals surface area contributed by atoms with E-state index in [1.165, 1.54) is 0 Å². The van der Waals surface area contributed by atoms with Crippen molar-refractivity contribution in [1.82, 2.24) is 24.9 Å². The predicted octanol–water partition coefficient (Wildman–Crippen LogP) is 1.87. The fourth-order valence-corrected chi connectivity index (χ4v) is 3.08. The summed E-state index contributed by atoms with van der Waals surface area (Å²) >= 11 is 0. The second kappa shape index (κ2) is 6.45. The van der Waals surface area contributed by atoms with Gasteiger partial charge in [-0.3, -0.25) is 19.9 Å². The lowest BCUT2D eigenvalue weighted by atomic mass is 10.1. The lowest BCUT2D eigenvalue weighted by Crippen LogP contribution is -2.19. The number of aromatic nitrogens is 4. The molecule has 2 aliphatic rings. The maximum Gasteiger partial charge on any atom is 0.254 e. The van der Waals surface area contributed by atoms with Crippen molar-refractivity contribution in [3.8, 4) is 0 Å². The van der Waals surface area contributed by atoms with Crippen LogP contribution in [0.2, 0.25) is 0 Å². The molecule has 0 bridgehead atoms. The second-order valence-electron chi connectivity index (χ2n) is 6.87. The number of carbonyl (C=O) groups excluding carboxylic acids is 2. The minimum atomic E-state index is -0.369. The van der Waals surface area contributed by atoms with Crippen LogP contribution in [0.25, 0.3) is 11.7 Å². The quantitative estimate of drug-likeness (QED) is 0.461. The molecule has 140 valence electrons. The number of nitrogens with one attached hydrogen (secondary N) is 3. The Balaban J connectivity index is 1.58. The molecule has 0 radical (unpaired) electrons. The fourth-order valence-electron chi connectivity index (χ4n) is 3.08. The molecule has 1 aliphatic carbocycles. The van der Waals surface area contributed by atoms with Crippen LogP contribution in [0.3, 0.4) is 0 Å². The van der Waals surface area contributed by atoms with Gasteiger partial charge < -0.3 is 10.6 Å². The maximum atomic E-state index is 11.9. The van der Waals surface area contributed by atoms with Crippen molar-refractivity contribution in [3.63, 3.8) is 0 Å². The highest BCUT2D eigenvalue weighted by Crippen LogP contribution is 2.28. The molecule has 3 N–H and O–H groups in total. The molecule has 0 aromatic carbocycles. The van der Waals surface area contributed by atoms with E-state index in [4.69, 9.17) is 0 Å². The van der Waals surface area contributed by atoms with Gasteiger partial charge >= 0.3 is 0 Å². The van der Waals surface area contributed by atoms with Crippen LogP contribution >= 0.6 is 0 Å². The van der Waals surface area contributed by atoms with E-state index in [-0.39, 0.29) is 18.2 Å². The fraction of sp³-hybridized carbons (Fsp3) is 0.211. The number of hydrogen-bond acceptors (Lipinski definition) is 7. The van der Waals surface area contributed by atoms with Crippen LogP contribution in [-0.2, 0) is 9.59 Å². The van der Waals surface area contributed by atoms with Crippen LogP contribution in [0.15, 0.2) is 42.4 Å². The summed E-state index contributed by atoms with van der Waals surface area (Å²) in [7, 11) is 0. The van der Waals surface area contributed by atoms with Gasteiger partial charge in [0.15, 0.2) is 5.65 Å². The van der Waals surface area contributed by atoms with Crippen LogP contribution in [-0.4, -0.2) is 37.4 Å². The van der Waals surface area contributed by atoms with Crippen molar-refractivity contribution in [2.75, 3.05) is 10.6 Å². The standard InChI is InChI=1S/C19H17N7O2/c27-17-8-11(19(28)25-17)7-12-10-21-26-16(23-13-1-2-13)9-15(24-18(12)26)22-14-3-5-20-6-4-14/h3-7,9-10,13,23H,1-2,8H2,(H,20,22,24)(H,25,27,28)/b11-7+. The normalized spacial score (nSPS) is 17.9. The van der Waals surface area contributed by atoms with Crippen LogP contribution in [0.5, 0.6) is 0 Å². The Bertz CT molecular complexity index is 1120. The monoisotopic (exact) mass is 375 g/mol. The largest absolute Gasteiger partial charge is 0.367 e. The van der Waals surface area contributed by atoms with Gasteiger partial charge in [-0.1, -0.05) is 0 Å². The zero-order valence-corrected chi connectivity index (χ0v) is 14.8. The molecule has 0 unspecified atom stereocenters. The SMILES string of the molecule is O=C1C/C(=C\c2cnn3c(NC4CC4)cc(Nc4ccncc4)nc23)C(=O)N1. The van der Waals surface area contributed by atoms with E-state index in [2.05, 4.69) is 31.0 Å². The lowest BCUT2D eigenvalue weighted by Gasteiger charge is -2.11. The molecule has 1 saturated carbocycles. The summed E-state index contributed by atoms with van der Waals surface area (Å²) < 4.78 is 1.72. The summed E-state index contributed by atoms with van der Waals surface area (Å²) in [5.74, 6) is 0.804. The van der Waals surface area contributed by atoms with Gasteiger partial charge in [-0.25, -0.2) is 4.98 Å². The second-order valence-corrected chi connectivity index (χ2v) is 6.87. The van der Waals surface area contributed by atoms with Crippen LogP contribution < -0.4 is 16.0 Å². The molecular weight excluding hydrogens is 358 g/mol. The summed E-state index contributed by atoms with van der Waals surface area (Å²) in [4.78, 5) is 32.0. The molecule has 4 heterocycles. The number of nitrogens with zero attached hydrogens (tertiary/aromatic N) is 4. The van der Waals surface area contributed by atoms with Crippen molar-refractivity contribution in [2.24, 2.45) is 0 Å². The number of imide groups is 1. The number of amides is 2. The number of fused-ring (bicyclic) bond motifs is 1. The van der Waals surface area contributed by atoms with E-state index in [0.717, 1.165) is 24.3 Å². The number of hydrogen-bond donors (Lipinski definition) is 3. The van der Waals surface area contributed by atoms with E-state index >= 15 is 0 Å². The molecule has 28 heavy (non-hydrogen) atoms. The molecule has 2 amide bonds. The van der Waals surface area contributed by atoms with Crippen molar-refractivity contribution < 1.29 is 9.59 Å². The third-order valence-corrected chi connectivity index (χ3v) is 4.61. The first-order valence-corrected chi connectivity index (χ1v) is 9.03. The average molecular weight is 375 g/mol.